The summed E-state index contributed by atoms with van der Waals surface area (Å²) in [5.41, 5.74) is 2.01. The quantitative estimate of drug-likeness (QED) is 0.599. The molecule has 0 saturated carbocycles. The molecule has 1 aliphatic rings. The number of urea groups is 1. The zero-order valence-corrected chi connectivity index (χ0v) is 18.7. The Morgan fingerprint density at radius 3 is 2.36 bits per heavy atom. The van der Waals surface area contributed by atoms with Crippen molar-refractivity contribution in [3.8, 4) is 11.6 Å². The first-order chi connectivity index (χ1) is 16.1. The molecular formula is C24H28N6O3. The smallest absolute Gasteiger partial charge is 0.317 e. The monoisotopic (exact) mass is 448 g/mol. The molecule has 0 radical (unpaired) electrons. The molecule has 4 rings (SSSR count). The molecule has 1 aromatic carbocycles. The molecule has 3 aromatic rings. The number of piperazine rings is 1. The number of aromatic nitrogens is 3. The molecule has 3 heterocycles. The number of carbonyl (C=O) groups excluding carboxylic acids is 2. The van der Waals surface area contributed by atoms with Crippen molar-refractivity contribution in [3.05, 3.63) is 72.2 Å². The fraction of sp³-hybridized carbons (Fsp3) is 0.333. The first-order valence-electron chi connectivity index (χ1n) is 11.0. The maximum atomic E-state index is 12.6. The van der Waals surface area contributed by atoms with Crippen LogP contribution in [0.25, 0.3) is 5.82 Å². The molecule has 1 saturated heterocycles. The molecule has 3 amide bonds. The van der Waals surface area contributed by atoms with Gasteiger partial charge in [0.25, 0.3) is 0 Å². The number of hydrogen-bond donors (Lipinski definition) is 1. The normalized spacial score (nSPS) is 13.6. The van der Waals surface area contributed by atoms with E-state index in [9.17, 15) is 9.59 Å². The fourth-order valence-corrected chi connectivity index (χ4v) is 3.71. The number of carbonyl (C=O) groups is 2. The van der Waals surface area contributed by atoms with Gasteiger partial charge in [0.05, 0.1) is 7.11 Å². The second-order valence-electron chi connectivity index (χ2n) is 7.85. The van der Waals surface area contributed by atoms with Gasteiger partial charge in [-0.1, -0.05) is 18.2 Å². The summed E-state index contributed by atoms with van der Waals surface area (Å²) in [6.45, 7) is 2.55. The van der Waals surface area contributed by atoms with Gasteiger partial charge in [0, 0.05) is 57.7 Å². The molecule has 0 unspecified atom stereocenters. The third kappa shape index (κ3) is 5.88. The highest BCUT2D eigenvalue weighted by Crippen LogP contribution is 2.14. The SMILES string of the molecule is COc1ccc(CCC(=O)N2CCN(C(=O)NCc3ccc(-n4cccn4)nc3)CC2)cc1. The predicted molar refractivity (Wildman–Crippen MR) is 123 cm³/mol. The standard InChI is InChI=1S/C24H28N6O3/c1-33-21-7-3-19(4-8-21)6-10-23(31)28-13-15-29(16-14-28)24(32)26-18-20-5-9-22(25-17-20)30-12-2-11-27-30/h2-5,7-9,11-12,17H,6,10,13-16,18H2,1H3,(H,26,32). The van der Waals surface area contributed by atoms with Crippen molar-refractivity contribution in [2.24, 2.45) is 0 Å². The Morgan fingerprint density at radius 2 is 1.73 bits per heavy atom. The number of rotatable bonds is 7. The molecule has 9 nitrogen and oxygen atoms in total. The Kier molecular flexibility index (Phi) is 7.19. The molecule has 33 heavy (non-hydrogen) atoms. The summed E-state index contributed by atoms with van der Waals surface area (Å²) < 4.78 is 6.84. The minimum Gasteiger partial charge on any atom is -0.497 e. The molecule has 1 N–H and O–H groups in total. The van der Waals surface area contributed by atoms with Crippen molar-refractivity contribution in [2.75, 3.05) is 33.3 Å². The minimum atomic E-state index is -0.128. The van der Waals surface area contributed by atoms with Gasteiger partial charge in [-0.3, -0.25) is 4.79 Å². The Bertz CT molecular complexity index is 1040. The first kappa shape index (κ1) is 22.3. The lowest BCUT2D eigenvalue weighted by Gasteiger charge is -2.34. The van der Waals surface area contributed by atoms with Gasteiger partial charge in [0.2, 0.25) is 5.91 Å². The van der Waals surface area contributed by atoms with Gasteiger partial charge >= 0.3 is 6.03 Å². The van der Waals surface area contributed by atoms with Crippen molar-refractivity contribution in [1.82, 2.24) is 29.9 Å². The van der Waals surface area contributed by atoms with Crippen LogP contribution in [0, 0.1) is 0 Å². The predicted octanol–water partition coefficient (Wildman–Crippen LogP) is 2.26. The molecular weight excluding hydrogens is 420 g/mol. The Hall–Kier alpha value is -3.88. The van der Waals surface area contributed by atoms with E-state index in [4.69, 9.17) is 4.74 Å². The van der Waals surface area contributed by atoms with Crippen LogP contribution in [0.5, 0.6) is 5.75 Å². The van der Waals surface area contributed by atoms with E-state index < -0.39 is 0 Å². The largest absolute Gasteiger partial charge is 0.497 e. The van der Waals surface area contributed by atoms with Crippen molar-refractivity contribution in [2.45, 2.75) is 19.4 Å². The summed E-state index contributed by atoms with van der Waals surface area (Å²) in [5, 5.41) is 7.08. The minimum absolute atomic E-state index is 0.120. The average Bonchev–Trinajstić information content (AvgIpc) is 3.41. The van der Waals surface area contributed by atoms with Crippen molar-refractivity contribution in [3.63, 3.8) is 0 Å². The molecule has 0 spiro atoms. The van der Waals surface area contributed by atoms with Gasteiger partial charge in [-0.15, -0.1) is 0 Å². The van der Waals surface area contributed by atoms with Crippen LogP contribution in [0.15, 0.2) is 61.1 Å². The van der Waals surface area contributed by atoms with Gasteiger partial charge in [-0.05, 0) is 41.8 Å². The maximum Gasteiger partial charge on any atom is 0.317 e. The summed E-state index contributed by atoms with van der Waals surface area (Å²) in [6, 6.07) is 13.3. The van der Waals surface area contributed by atoms with Crippen LogP contribution < -0.4 is 10.1 Å². The van der Waals surface area contributed by atoms with E-state index in [1.54, 1.807) is 29.1 Å². The Balaban J connectivity index is 1.18. The molecule has 9 heteroatoms. The highest BCUT2D eigenvalue weighted by molar-refractivity contribution is 5.78. The highest BCUT2D eigenvalue weighted by Gasteiger charge is 2.23. The first-order valence-corrected chi connectivity index (χ1v) is 11.0. The number of hydrogen-bond acceptors (Lipinski definition) is 5. The molecule has 172 valence electrons. The third-order valence-corrected chi connectivity index (χ3v) is 5.70. The number of amides is 3. The van der Waals surface area contributed by atoms with E-state index in [2.05, 4.69) is 15.4 Å². The van der Waals surface area contributed by atoms with Crippen LogP contribution >= 0.6 is 0 Å². The van der Waals surface area contributed by atoms with Gasteiger partial charge in [0.15, 0.2) is 5.82 Å². The van der Waals surface area contributed by atoms with Gasteiger partial charge in [-0.25, -0.2) is 14.5 Å². The number of nitrogens with zero attached hydrogens (tertiary/aromatic N) is 5. The van der Waals surface area contributed by atoms with Gasteiger partial charge in [-0.2, -0.15) is 5.10 Å². The Labute approximate surface area is 193 Å². The van der Waals surface area contributed by atoms with E-state index in [0.717, 1.165) is 22.7 Å². The second kappa shape index (κ2) is 10.6. The summed E-state index contributed by atoms with van der Waals surface area (Å²) in [5.74, 6) is 1.65. The lowest BCUT2D eigenvalue weighted by molar-refractivity contribution is -0.132. The number of aryl methyl sites for hydroxylation is 1. The van der Waals surface area contributed by atoms with Crippen LogP contribution in [0.4, 0.5) is 4.79 Å². The lowest BCUT2D eigenvalue weighted by Crippen LogP contribution is -2.53. The summed E-state index contributed by atoms with van der Waals surface area (Å²) >= 11 is 0. The van der Waals surface area contributed by atoms with Gasteiger partial charge in [0.1, 0.15) is 5.75 Å². The highest BCUT2D eigenvalue weighted by atomic mass is 16.5. The molecule has 2 aromatic heterocycles. The second-order valence-corrected chi connectivity index (χ2v) is 7.85. The van der Waals surface area contributed by atoms with E-state index in [0.29, 0.717) is 45.6 Å². The van der Waals surface area contributed by atoms with E-state index in [1.165, 1.54) is 0 Å². The van der Waals surface area contributed by atoms with Crippen LogP contribution in [0.1, 0.15) is 17.5 Å². The number of pyridine rings is 1. The Morgan fingerprint density at radius 1 is 1.00 bits per heavy atom. The van der Waals surface area contributed by atoms with Crippen LogP contribution in [0.2, 0.25) is 0 Å². The molecule has 0 bridgehead atoms. The average molecular weight is 449 g/mol. The summed E-state index contributed by atoms with van der Waals surface area (Å²) in [7, 11) is 1.63. The summed E-state index contributed by atoms with van der Waals surface area (Å²) in [4.78, 5) is 33.1. The number of benzene rings is 1. The van der Waals surface area contributed by atoms with E-state index in [-0.39, 0.29) is 11.9 Å². The molecule has 1 aliphatic heterocycles. The lowest BCUT2D eigenvalue weighted by atomic mass is 10.1. The van der Waals surface area contributed by atoms with Crippen molar-refractivity contribution < 1.29 is 14.3 Å². The molecule has 0 atom stereocenters. The van der Waals surface area contributed by atoms with Crippen LogP contribution in [0.3, 0.4) is 0 Å². The van der Waals surface area contributed by atoms with Crippen LogP contribution in [-0.4, -0.2) is 69.8 Å². The third-order valence-electron chi connectivity index (χ3n) is 5.70. The van der Waals surface area contributed by atoms with Crippen molar-refractivity contribution >= 4 is 11.9 Å². The fourth-order valence-electron chi connectivity index (χ4n) is 3.71. The molecule has 1 fully saturated rings. The van der Waals surface area contributed by atoms with E-state index >= 15 is 0 Å². The maximum absolute atomic E-state index is 12.6. The van der Waals surface area contributed by atoms with Crippen LogP contribution in [-0.2, 0) is 17.8 Å². The topological polar surface area (TPSA) is 92.6 Å². The zero-order chi connectivity index (χ0) is 23.0. The number of ether oxygens (including phenoxy) is 1. The van der Waals surface area contributed by atoms with E-state index in [1.807, 2.05) is 53.6 Å². The number of nitrogens with one attached hydrogen (secondary N) is 1. The molecule has 0 aliphatic carbocycles. The summed E-state index contributed by atoms with van der Waals surface area (Å²) in [6.07, 6.45) is 6.41. The number of methoxy groups -OCH3 is 1. The van der Waals surface area contributed by atoms with Crippen molar-refractivity contribution in [1.29, 1.82) is 0 Å². The van der Waals surface area contributed by atoms with Gasteiger partial charge < -0.3 is 19.9 Å². The zero-order valence-electron chi connectivity index (χ0n) is 18.7.